The molecule has 0 bridgehead atoms. The summed E-state index contributed by atoms with van der Waals surface area (Å²) < 4.78 is 0. The normalized spacial score (nSPS) is 19.1. The van der Waals surface area contributed by atoms with Gasteiger partial charge in [-0.2, -0.15) is 0 Å². The third-order valence-electron chi connectivity index (χ3n) is 5.85. The Balaban J connectivity index is 1.84. The minimum absolute atomic E-state index is 0.210. The highest BCUT2D eigenvalue weighted by Gasteiger charge is 2.31. The summed E-state index contributed by atoms with van der Waals surface area (Å²) in [4.78, 5) is 5.19. The van der Waals surface area contributed by atoms with Crippen molar-refractivity contribution in [1.82, 2.24) is 9.80 Å². The SMILES string of the molecule is CC(C)(C)N1Cc2ccc3c4c(ccc(c24)C1)CN(C(C)(C)C)C3. The molecule has 0 fully saturated rings. The topological polar surface area (TPSA) is 6.48 Å². The van der Waals surface area contributed by atoms with E-state index in [4.69, 9.17) is 0 Å². The standard InChI is InChI=1S/C22H30N2/c1-21(2,3)23-11-15-7-9-17-13-24(22(4,5)6)14-18-10-8-16(12-23)19(15)20(17)18/h7-10H,11-14H2,1-6H3. The van der Waals surface area contributed by atoms with Gasteiger partial charge in [0.1, 0.15) is 0 Å². The van der Waals surface area contributed by atoms with Crippen molar-refractivity contribution in [2.45, 2.75) is 78.8 Å². The fourth-order valence-electron chi connectivity index (χ4n) is 4.20. The summed E-state index contributed by atoms with van der Waals surface area (Å²) in [5.41, 5.74) is 6.46. The molecule has 0 saturated carbocycles. The van der Waals surface area contributed by atoms with E-state index >= 15 is 0 Å². The monoisotopic (exact) mass is 322 g/mol. The second-order valence-electron chi connectivity index (χ2n) is 9.57. The maximum Gasteiger partial charge on any atom is 0.0248 e. The lowest BCUT2D eigenvalue weighted by Gasteiger charge is -2.42. The molecule has 0 saturated heterocycles. The molecule has 2 nitrogen and oxygen atoms in total. The summed E-state index contributed by atoms with van der Waals surface area (Å²) in [5, 5.41) is 3.11. The number of hydrogen-bond donors (Lipinski definition) is 0. The molecule has 24 heavy (non-hydrogen) atoms. The average molecular weight is 322 g/mol. The molecule has 4 rings (SSSR count). The number of rotatable bonds is 0. The van der Waals surface area contributed by atoms with Crippen LogP contribution in [0.3, 0.4) is 0 Å². The lowest BCUT2D eigenvalue weighted by Crippen LogP contribution is -2.43. The molecule has 0 spiro atoms. The Labute approximate surface area is 146 Å². The van der Waals surface area contributed by atoms with E-state index in [9.17, 15) is 0 Å². The third kappa shape index (κ3) is 2.48. The highest BCUT2D eigenvalue weighted by Crippen LogP contribution is 2.40. The summed E-state index contributed by atoms with van der Waals surface area (Å²) in [6.07, 6.45) is 0. The van der Waals surface area contributed by atoms with Crippen molar-refractivity contribution in [2.24, 2.45) is 0 Å². The van der Waals surface area contributed by atoms with Gasteiger partial charge in [0.05, 0.1) is 0 Å². The largest absolute Gasteiger partial charge is 0.290 e. The van der Waals surface area contributed by atoms with Crippen LogP contribution in [-0.2, 0) is 26.2 Å². The van der Waals surface area contributed by atoms with E-state index in [1.54, 1.807) is 10.8 Å². The minimum atomic E-state index is 0.210. The zero-order chi connectivity index (χ0) is 17.3. The second-order valence-corrected chi connectivity index (χ2v) is 9.57. The molecule has 0 N–H and O–H groups in total. The van der Waals surface area contributed by atoms with Gasteiger partial charge in [-0.05, 0) is 74.6 Å². The highest BCUT2D eigenvalue weighted by atomic mass is 15.2. The Hall–Kier alpha value is -1.38. The van der Waals surface area contributed by atoms with E-state index in [0.717, 1.165) is 26.2 Å². The zero-order valence-corrected chi connectivity index (χ0v) is 16.0. The molecular formula is C22H30N2. The predicted molar refractivity (Wildman–Crippen MR) is 102 cm³/mol. The molecular weight excluding hydrogens is 292 g/mol. The van der Waals surface area contributed by atoms with Crippen molar-refractivity contribution in [3.63, 3.8) is 0 Å². The van der Waals surface area contributed by atoms with Crippen LogP contribution < -0.4 is 0 Å². The van der Waals surface area contributed by atoms with Gasteiger partial charge >= 0.3 is 0 Å². The van der Waals surface area contributed by atoms with E-state index in [1.165, 1.54) is 22.3 Å². The molecule has 2 heteroatoms. The molecule has 0 aromatic heterocycles. The van der Waals surface area contributed by atoms with Gasteiger partial charge in [0.25, 0.3) is 0 Å². The van der Waals surface area contributed by atoms with E-state index in [2.05, 4.69) is 75.6 Å². The second kappa shape index (κ2) is 5.06. The predicted octanol–water partition coefficient (Wildman–Crippen LogP) is 5.07. The summed E-state index contributed by atoms with van der Waals surface area (Å²) in [6.45, 7) is 18.2. The van der Waals surface area contributed by atoms with Crippen LogP contribution in [0.15, 0.2) is 24.3 Å². The van der Waals surface area contributed by atoms with E-state index in [1.807, 2.05) is 0 Å². The first-order valence-electron chi connectivity index (χ1n) is 9.20. The van der Waals surface area contributed by atoms with Crippen molar-refractivity contribution >= 4 is 10.8 Å². The molecule has 2 aliphatic heterocycles. The van der Waals surface area contributed by atoms with Crippen molar-refractivity contribution < 1.29 is 0 Å². The van der Waals surface area contributed by atoms with Gasteiger partial charge in [-0.1, -0.05) is 24.3 Å². The van der Waals surface area contributed by atoms with E-state index < -0.39 is 0 Å². The van der Waals surface area contributed by atoms with Crippen LogP contribution in [0.25, 0.3) is 10.8 Å². The van der Waals surface area contributed by atoms with Crippen molar-refractivity contribution in [2.75, 3.05) is 0 Å². The van der Waals surface area contributed by atoms with Crippen LogP contribution in [0.4, 0.5) is 0 Å². The minimum Gasteiger partial charge on any atom is -0.290 e. The summed E-state index contributed by atoms with van der Waals surface area (Å²) in [6, 6.07) is 9.54. The van der Waals surface area contributed by atoms with Gasteiger partial charge in [-0.3, -0.25) is 9.80 Å². The molecule has 0 aliphatic carbocycles. The van der Waals surface area contributed by atoms with Gasteiger partial charge in [-0.15, -0.1) is 0 Å². The van der Waals surface area contributed by atoms with Gasteiger partial charge in [0, 0.05) is 37.3 Å². The number of hydrogen-bond acceptors (Lipinski definition) is 2. The summed E-state index contributed by atoms with van der Waals surface area (Å²) in [5.74, 6) is 0. The van der Waals surface area contributed by atoms with Crippen molar-refractivity contribution in [3.05, 3.63) is 46.5 Å². The molecule has 0 atom stereocenters. The molecule has 2 heterocycles. The molecule has 2 aliphatic rings. The first kappa shape index (κ1) is 16.1. The van der Waals surface area contributed by atoms with Gasteiger partial charge in [0.2, 0.25) is 0 Å². The van der Waals surface area contributed by atoms with Crippen LogP contribution in [0.2, 0.25) is 0 Å². The number of nitrogens with zero attached hydrogens (tertiary/aromatic N) is 2. The third-order valence-corrected chi connectivity index (χ3v) is 5.85. The van der Waals surface area contributed by atoms with Crippen LogP contribution in [0, 0.1) is 0 Å². The van der Waals surface area contributed by atoms with Crippen LogP contribution in [0.1, 0.15) is 63.8 Å². The first-order valence-corrected chi connectivity index (χ1v) is 9.20. The highest BCUT2D eigenvalue weighted by molar-refractivity contribution is 5.95. The lowest BCUT2D eigenvalue weighted by atomic mass is 9.85. The maximum absolute atomic E-state index is 2.59. The van der Waals surface area contributed by atoms with E-state index in [0.29, 0.717) is 0 Å². The molecule has 2 aromatic carbocycles. The average Bonchev–Trinajstić information content (AvgIpc) is 2.50. The fraction of sp³-hybridized carbons (Fsp3) is 0.545. The van der Waals surface area contributed by atoms with E-state index in [-0.39, 0.29) is 11.1 Å². The van der Waals surface area contributed by atoms with Crippen LogP contribution in [-0.4, -0.2) is 20.9 Å². The Morgan fingerprint density at radius 2 is 0.792 bits per heavy atom. The number of benzene rings is 2. The Morgan fingerprint density at radius 1 is 0.542 bits per heavy atom. The Morgan fingerprint density at radius 3 is 1.00 bits per heavy atom. The summed E-state index contributed by atoms with van der Waals surface area (Å²) >= 11 is 0. The van der Waals surface area contributed by atoms with Gasteiger partial charge in [0.15, 0.2) is 0 Å². The smallest absolute Gasteiger partial charge is 0.0248 e. The maximum atomic E-state index is 2.59. The molecule has 0 radical (unpaired) electrons. The molecule has 0 unspecified atom stereocenters. The quantitative estimate of drug-likeness (QED) is 0.668. The van der Waals surface area contributed by atoms with Crippen LogP contribution in [0.5, 0.6) is 0 Å². The lowest BCUT2D eigenvalue weighted by molar-refractivity contribution is 0.113. The molecule has 2 aromatic rings. The molecule has 0 amide bonds. The first-order chi connectivity index (χ1) is 11.1. The Bertz CT molecular complexity index is 686. The zero-order valence-electron chi connectivity index (χ0n) is 16.0. The fourth-order valence-corrected chi connectivity index (χ4v) is 4.20. The Kier molecular flexibility index (Phi) is 3.40. The molecule has 128 valence electrons. The summed E-state index contributed by atoms with van der Waals surface area (Å²) in [7, 11) is 0. The van der Waals surface area contributed by atoms with Gasteiger partial charge < -0.3 is 0 Å². The van der Waals surface area contributed by atoms with Crippen molar-refractivity contribution in [1.29, 1.82) is 0 Å². The van der Waals surface area contributed by atoms with Crippen molar-refractivity contribution in [3.8, 4) is 0 Å². The van der Waals surface area contributed by atoms with Gasteiger partial charge in [-0.25, -0.2) is 0 Å². The van der Waals surface area contributed by atoms with Crippen LogP contribution >= 0.6 is 0 Å².